The Labute approximate surface area is 160 Å². The van der Waals surface area contributed by atoms with Gasteiger partial charge in [-0.15, -0.1) is 0 Å². The molecule has 0 N–H and O–H groups in total. The van der Waals surface area contributed by atoms with Gasteiger partial charge in [-0.05, 0) is 34.6 Å². The highest BCUT2D eigenvalue weighted by Crippen LogP contribution is 2.36. The molecule has 2 heterocycles. The molecule has 11 heteroatoms. The number of aromatic nitrogens is 1. The lowest BCUT2D eigenvalue weighted by atomic mass is 10.1. The molecule has 28 heavy (non-hydrogen) atoms. The highest BCUT2D eigenvalue weighted by atomic mass is 19.4. The average Bonchev–Trinajstić information content (AvgIpc) is 2.97. The van der Waals surface area contributed by atoms with Crippen molar-refractivity contribution in [2.75, 3.05) is 25.1 Å². The quantitative estimate of drug-likeness (QED) is 0.696. The fourth-order valence-electron chi connectivity index (χ4n) is 3.02. The summed E-state index contributed by atoms with van der Waals surface area (Å²) in [6, 6.07) is -1.13. The number of hydrogen-bond acceptors (Lipinski definition) is 7. The Hall–Kier alpha value is -2.46. The molecule has 2 unspecified atom stereocenters. The molecule has 0 aliphatic carbocycles. The summed E-state index contributed by atoms with van der Waals surface area (Å²) >= 11 is 0. The van der Waals surface area contributed by atoms with Gasteiger partial charge in [0.05, 0.1) is 19.2 Å². The second-order valence-electron chi connectivity index (χ2n) is 7.65. The number of carbonyl (C=O) groups excluding carboxylic acids is 2. The van der Waals surface area contributed by atoms with Gasteiger partial charge in [-0.1, -0.05) is 0 Å². The van der Waals surface area contributed by atoms with Crippen LogP contribution < -0.4 is 4.90 Å². The van der Waals surface area contributed by atoms with Crippen LogP contribution in [0.5, 0.6) is 0 Å². The molecule has 0 bridgehead atoms. The lowest BCUT2D eigenvalue weighted by Crippen LogP contribution is -2.59. The number of oxazole rings is 1. The maximum Gasteiger partial charge on any atom is 0.452 e. The van der Waals surface area contributed by atoms with E-state index in [1.54, 1.807) is 34.6 Å². The maximum atomic E-state index is 13.2. The molecule has 1 aliphatic rings. The van der Waals surface area contributed by atoms with E-state index in [0.717, 1.165) is 7.11 Å². The molecule has 2 atom stereocenters. The van der Waals surface area contributed by atoms with Gasteiger partial charge >= 0.3 is 18.2 Å². The van der Waals surface area contributed by atoms with Crippen LogP contribution in [0.25, 0.3) is 0 Å². The standard InChI is InChI=1S/C17H24F3N3O5/c1-9-7-22(8-10(2)23(9)15(25)28-16(3,4)5)14-21-11(13(24)26-6)12(27-14)17(18,19)20/h9-10H,7-8H2,1-6H3. The first kappa shape index (κ1) is 21.8. The number of hydrogen-bond donors (Lipinski definition) is 0. The smallest absolute Gasteiger partial charge is 0.452 e. The third-order valence-electron chi connectivity index (χ3n) is 4.05. The first-order valence-corrected chi connectivity index (χ1v) is 8.67. The van der Waals surface area contributed by atoms with Crippen LogP contribution in [0.1, 0.15) is 50.9 Å². The number of carbonyl (C=O) groups is 2. The van der Waals surface area contributed by atoms with Crippen molar-refractivity contribution < 1.29 is 36.7 Å². The summed E-state index contributed by atoms with van der Waals surface area (Å²) in [5.74, 6) is -2.75. The highest BCUT2D eigenvalue weighted by molar-refractivity contribution is 5.88. The molecule has 1 saturated heterocycles. The molecule has 2 rings (SSSR count). The van der Waals surface area contributed by atoms with Crippen LogP contribution in [0.2, 0.25) is 0 Å². The van der Waals surface area contributed by atoms with E-state index in [-0.39, 0.29) is 31.2 Å². The normalized spacial score (nSPS) is 20.9. The van der Waals surface area contributed by atoms with Crippen LogP contribution in [0.15, 0.2) is 4.42 Å². The average molecular weight is 407 g/mol. The van der Waals surface area contributed by atoms with E-state index in [2.05, 4.69) is 9.72 Å². The van der Waals surface area contributed by atoms with Gasteiger partial charge in [-0.3, -0.25) is 4.90 Å². The molecule has 0 radical (unpaired) electrons. The van der Waals surface area contributed by atoms with Crippen LogP contribution in [0, 0.1) is 0 Å². The SMILES string of the molecule is COC(=O)c1nc(N2CC(C)N(C(=O)OC(C)(C)C)C(C)C2)oc1C(F)(F)F. The fraction of sp³-hybridized carbons (Fsp3) is 0.706. The number of methoxy groups -OCH3 is 1. The number of rotatable bonds is 2. The van der Waals surface area contributed by atoms with E-state index < -0.39 is 35.3 Å². The Morgan fingerprint density at radius 3 is 2.11 bits per heavy atom. The van der Waals surface area contributed by atoms with Crippen molar-refractivity contribution >= 4 is 18.1 Å². The Balaban J connectivity index is 2.26. The van der Waals surface area contributed by atoms with E-state index in [0.29, 0.717) is 0 Å². The number of nitrogens with zero attached hydrogens (tertiary/aromatic N) is 3. The highest BCUT2D eigenvalue weighted by Gasteiger charge is 2.44. The first-order chi connectivity index (χ1) is 12.7. The molecule has 1 fully saturated rings. The summed E-state index contributed by atoms with van der Waals surface area (Å²) in [7, 11) is 0.959. The summed E-state index contributed by atoms with van der Waals surface area (Å²) in [5, 5.41) is 0. The Kier molecular flexibility index (Phi) is 5.86. The molecule has 1 aliphatic heterocycles. The van der Waals surface area contributed by atoms with Gasteiger partial charge in [-0.25, -0.2) is 9.59 Å². The zero-order chi connectivity index (χ0) is 21.4. The summed E-state index contributed by atoms with van der Waals surface area (Å²) in [6.07, 6.45) is -5.41. The maximum absolute atomic E-state index is 13.2. The number of anilines is 1. The van der Waals surface area contributed by atoms with Gasteiger partial charge in [0.15, 0.2) is 0 Å². The van der Waals surface area contributed by atoms with Crippen LogP contribution in [0.4, 0.5) is 24.0 Å². The van der Waals surface area contributed by atoms with E-state index in [1.807, 2.05) is 0 Å². The molecule has 1 aromatic heterocycles. The third kappa shape index (κ3) is 4.68. The van der Waals surface area contributed by atoms with Gasteiger partial charge < -0.3 is 18.8 Å². The van der Waals surface area contributed by atoms with Crippen molar-refractivity contribution in [3.05, 3.63) is 11.5 Å². The molecule has 0 aromatic carbocycles. The van der Waals surface area contributed by atoms with Crippen LogP contribution in [-0.4, -0.2) is 59.8 Å². The molecular formula is C17H24F3N3O5. The fourth-order valence-corrected chi connectivity index (χ4v) is 3.02. The number of esters is 1. The minimum atomic E-state index is -4.90. The number of amides is 1. The monoisotopic (exact) mass is 407 g/mol. The van der Waals surface area contributed by atoms with Crippen LogP contribution in [0.3, 0.4) is 0 Å². The van der Waals surface area contributed by atoms with Gasteiger partial charge in [0.25, 0.3) is 6.01 Å². The zero-order valence-electron chi connectivity index (χ0n) is 16.6. The van der Waals surface area contributed by atoms with E-state index in [9.17, 15) is 22.8 Å². The number of piperazine rings is 1. The van der Waals surface area contributed by atoms with E-state index in [1.165, 1.54) is 9.80 Å². The lowest BCUT2D eigenvalue weighted by molar-refractivity contribution is -0.153. The second-order valence-corrected chi connectivity index (χ2v) is 7.65. The number of ether oxygens (including phenoxy) is 2. The number of alkyl halides is 3. The lowest BCUT2D eigenvalue weighted by Gasteiger charge is -2.43. The van der Waals surface area contributed by atoms with Gasteiger partial charge in [0.2, 0.25) is 11.5 Å². The molecule has 0 spiro atoms. The summed E-state index contributed by atoms with van der Waals surface area (Å²) in [6.45, 7) is 9.02. The van der Waals surface area contributed by atoms with Crippen molar-refractivity contribution in [1.29, 1.82) is 0 Å². The van der Waals surface area contributed by atoms with E-state index in [4.69, 9.17) is 9.15 Å². The third-order valence-corrected chi connectivity index (χ3v) is 4.05. The minimum Gasteiger partial charge on any atom is -0.464 e. The minimum absolute atomic E-state index is 0.155. The summed E-state index contributed by atoms with van der Waals surface area (Å²) in [5.41, 5.74) is -1.60. The largest absolute Gasteiger partial charge is 0.464 e. The summed E-state index contributed by atoms with van der Waals surface area (Å²) in [4.78, 5) is 30.8. The van der Waals surface area contributed by atoms with Gasteiger partial charge in [-0.2, -0.15) is 18.2 Å². The van der Waals surface area contributed by atoms with Crippen molar-refractivity contribution in [3.63, 3.8) is 0 Å². The number of halogens is 3. The van der Waals surface area contributed by atoms with Crippen molar-refractivity contribution in [2.45, 2.75) is 58.5 Å². The van der Waals surface area contributed by atoms with Gasteiger partial charge in [0.1, 0.15) is 5.60 Å². The topological polar surface area (TPSA) is 85.1 Å². The molecule has 0 saturated carbocycles. The molecular weight excluding hydrogens is 383 g/mol. The second kappa shape index (κ2) is 7.51. The summed E-state index contributed by atoms with van der Waals surface area (Å²) < 4.78 is 54.1. The zero-order valence-corrected chi connectivity index (χ0v) is 16.6. The van der Waals surface area contributed by atoms with Crippen molar-refractivity contribution in [1.82, 2.24) is 9.88 Å². The molecule has 1 amide bonds. The molecule has 1 aromatic rings. The Morgan fingerprint density at radius 1 is 1.14 bits per heavy atom. The Bertz CT molecular complexity index is 729. The van der Waals surface area contributed by atoms with Crippen LogP contribution >= 0.6 is 0 Å². The van der Waals surface area contributed by atoms with Crippen molar-refractivity contribution in [3.8, 4) is 0 Å². The van der Waals surface area contributed by atoms with E-state index >= 15 is 0 Å². The molecule has 8 nitrogen and oxygen atoms in total. The molecule has 158 valence electrons. The first-order valence-electron chi connectivity index (χ1n) is 8.67. The predicted octanol–water partition coefficient (Wildman–Crippen LogP) is 3.31. The predicted molar refractivity (Wildman–Crippen MR) is 92.1 cm³/mol. The van der Waals surface area contributed by atoms with Crippen molar-refractivity contribution in [2.24, 2.45) is 0 Å². The van der Waals surface area contributed by atoms with Crippen LogP contribution in [-0.2, 0) is 15.7 Å². The Morgan fingerprint density at radius 2 is 1.68 bits per heavy atom. The van der Waals surface area contributed by atoms with Gasteiger partial charge in [0, 0.05) is 13.1 Å².